The van der Waals surface area contributed by atoms with Gasteiger partial charge in [0.2, 0.25) is 0 Å². The molecule has 29 heavy (non-hydrogen) atoms. The summed E-state index contributed by atoms with van der Waals surface area (Å²) in [6, 6.07) is 4.60. The summed E-state index contributed by atoms with van der Waals surface area (Å²) in [4.78, 5) is 12.0. The number of ether oxygens (including phenoxy) is 3. The molecule has 1 atom stereocenters. The Hall–Kier alpha value is -2.59. The third-order valence-corrected chi connectivity index (χ3v) is 5.47. The number of carbonyl (C=O) groups excluding carboxylic acids is 1. The second-order valence-electron chi connectivity index (χ2n) is 6.79. The molecule has 0 fully saturated rings. The molecule has 1 unspecified atom stereocenters. The number of nitrogens with one attached hydrogen (secondary N) is 2. The Balaban J connectivity index is 2.22. The number of aromatic nitrogens is 2. The fraction of sp³-hybridized carbons (Fsp3) is 0.474. The summed E-state index contributed by atoms with van der Waals surface area (Å²) >= 11 is 0. The van der Waals surface area contributed by atoms with Gasteiger partial charge >= 0.3 is 5.97 Å². The highest BCUT2D eigenvalue weighted by molar-refractivity contribution is 7.89. The third kappa shape index (κ3) is 5.70. The van der Waals surface area contributed by atoms with E-state index in [2.05, 4.69) is 14.9 Å². The number of sulfonamides is 1. The van der Waals surface area contributed by atoms with Crippen molar-refractivity contribution in [2.75, 3.05) is 20.3 Å². The smallest absolute Gasteiger partial charge is 0.342 e. The summed E-state index contributed by atoms with van der Waals surface area (Å²) < 4.78 is 44.0. The van der Waals surface area contributed by atoms with Gasteiger partial charge in [-0.25, -0.2) is 17.9 Å². The second-order valence-corrected chi connectivity index (χ2v) is 8.44. The third-order valence-electron chi connectivity index (χ3n) is 3.96. The van der Waals surface area contributed by atoms with Crippen molar-refractivity contribution in [2.24, 2.45) is 5.92 Å². The highest BCUT2D eigenvalue weighted by Crippen LogP contribution is 2.31. The Morgan fingerprint density at radius 2 is 1.97 bits per heavy atom. The Morgan fingerprint density at radius 3 is 2.59 bits per heavy atom. The van der Waals surface area contributed by atoms with Crippen molar-refractivity contribution in [2.45, 2.75) is 38.8 Å². The molecule has 0 saturated heterocycles. The van der Waals surface area contributed by atoms with E-state index in [1.807, 2.05) is 13.8 Å². The monoisotopic (exact) mass is 425 g/mol. The summed E-state index contributed by atoms with van der Waals surface area (Å²) in [5, 5.41) is 5.68. The molecule has 0 aliphatic carbocycles. The average molecular weight is 426 g/mol. The van der Waals surface area contributed by atoms with Crippen LogP contribution in [0, 0.1) is 5.92 Å². The minimum Gasteiger partial charge on any atom is -0.493 e. The number of benzene rings is 1. The number of aromatic amines is 1. The number of methoxy groups -OCH3 is 1. The Labute approximate surface area is 170 Å². The molecule has 0 aliphatic heterocycles. The van der Waals surface area contributed by atoms with Crippen molar-refractivity contribution in [1.29, 1.82) is 0 Å². The molecule has 160 valence electrons. The molecule has 2 aromatic rings. The molecule has 0 aliphatic rings. The van der Waals surface area contributed by atoms with Gasteiger partial charge in [0.15, 0.2) is 16.5 Å². The number of rotatable bonds is 10. The van der Waals surface area contributed by atoms with Gasteiger partial charge in [0.05, 0.1) is 26.5 Å². The van der Waals surface area contributed by atoms with E-state index in [4.69, 9.17) is 14.2 Å². The standard InChI is InChI=1S/C19H27N3O6S/c1-6-27-19(23)15-10-20-21-18(15)29(24,25)22-13(4)14-7-8-16(17(9-14)26-5)28-11-12(2)3/h7-10,12-13,22H,6,11H2,1-5H3,(H,20,21). The molecule has 2 N–H and O–H groups in total. The van der Waals surface area contributed by atoms with E-state index < -0.39 is 22.0 Å². The summed E-state index contributed by atoms with van der Waals surface area (Å²) in [5.74, 6) is 0.678. The van der Waals surface area contributed by atoms with Gasteiger partial charge in [-0.1, -0.05) is 19.9 Å². The maximum absolute atomic E-state index is 12.8. The Morgan fingerprint density at radius 1 is 1.24 bits per heavy atom. The molecule has 10 heteroatoms. The number of hydrogen-bond acceptors (Lipinski definition) is 7. The molecular formula is C19H27N3O6S. The van der Waals surface area contributed by atoms with Gasteiger partial charge in [0.1, 0.15) is 5.56 Å². The van der Waals surface area contributed by atoms with Crippen molar-refractivity contribution >= 4 is 16.0 Å². The molecular weight excluding hydrogens is 398 g/mol. The van der Waals surface area contributed by atoms with Gasteiger partial charge in [0.25, 0.3) is 10.0 Å². The highest BCUT2D eigenvalue weighted by Gasteiger charge is 2.28. The highest BCUT2D eigenvalue weighted by atomic mass is 32.2. The first-order valence-electron chi connectivity index (χ1n) is 9.23. The fourth-order valence-electron chi connectivity index (χ4n) is 2.52. The van der Waals surface area contributed by atoms with Gasteiger partial charge < -0.3 is 14.2 Å². The topological polar surface area (TPSA) is 120 Å². The van der Waals surface area contributed by atoms with Crippen LogP contribution >= 0.6 is 0 Å². The molecule has 1 aromatic carbocycles. The molecule has 1 aromatic heterocycles. The van der Waals surface area contributed by atoms with E-state index in [0.29, 0.717) is 29.6 Å². The van der Waals surface area contributed by atoms with Gasteiger partial charge in [-0.15, -0.1) is 0 Å². The van der Waals surface area contributed by atoms with Crippen LogP contribution in [0.1, 0.15) is 49.7 Å². The van der Waals surface area contributed by atoms with Crippen molar-refractivity contribution in [3.8, 4) is 11.5 Å². The van der Waals surface area contributed by atoms with Crippen LogP contribution in [-0.4, -0.2) is 44.9 Å². The lowest BCUT2D eigenvalue weighted by Crippen LogP contribution is -2.28. The lowest BCUT2D eigenvalue weighted by atomic mass is 10.1. The SMILES string of the molecule is CCOC(=O)c1cn[nH]c1S(=O)(=O)NC(C)c1ccc(OCC(C)C)c(OC)c1. The van der Waals surface area contributed by atoms with E-state index >= 15 is 0 Å². The van der Waals surface area contributed by atoms with E-state index in [1.165, 1.54) is 7.11 Å². The predicted molar refractivity (Wildman–Crippen MR) is 107 cm³/mol. The van der Waals surface area contributed by atoms with Gasteiger partial charge in [-0.05, 0) is 37.5 Å². The van der Waals surface area contributed by atoms with Crippen molar-refractivity contribution in [1.82, 2.24) is 14.9 Å². The first-order valence-corrected chi connectivity index (χ1v) is 10.7. The molecule has 9 nitrogen and oxygen atoms in total. The molecule has 0 spiro atoms. The van der Waals surface area contributed by atoms with Crippen LogP contribution in [0.4, 0.5) is 0 Å². The molecule has 0 radical (unpaired) electrons. The van der Waals surface area contributed by atoms with Crippen LogP contribution in [0.15, 0.2) is 29.4 Å². The zero-order chi connectivity index (χ0) is 21.6. The summed E-state index contributed by atoms with van der Waals surface area (Å²) in [5.41, 5.74) is 0.515. The summed E-state index contributed by atoms with van der Waals surface area (Å²) in [6.45, 7) is 8.05. The maximum atomic E-state index is 12.8. The quantitative estimate of drug-likeness (QED) is 0.562. The summed E-state index contributed by atoms with van der Waals surface area (Å²) in [6.07, 6.45) is 1.13. The van der Waals surface area contributed by atoms with E-state index in [-0.39, 0.29) is 17.2 Å². The van der Waals surface area contributed by atoms with Crippen molar-refractivity contribution in [3.63, 3.8) is 0 Å². The van der Waals surface area contributed by atoms with Crippen LogP contribution in [0.2, 0.25) is 0 Å². The van der Waals surface area contributed by atoms with Crippen LogP contribution in [0.25, 0.3) is 0 Å². The van der Waals surface area contributed by atoms with Crippen LogP contribution in [0.3, 0.4) is 0 Å². The van der Waals surface area contributed by atoms with Crippen LogP contribution < -0.4 is 14.2 Å². The Bertz CT molecular complexity index is 939. The van der Waals surface area contributed by atoms with Gasteiger partial charge in [-0.2, -0.15) is 5.10 Å². The maximum Gasteiger partial charge on any atom is 0.342 e. The number of H-pyrrole nitrogens is 1. The fourth-order valence-corrected chi connectivity index (χ4v) is 3.84. The van der Waals surface area contributed by atoms with E-state index in [0.717, 1.165) is 6.20 Å². The lowest BCUT2D eigenvalue weighted by molar-refractivity contribution is 0.0521. The largest absolute Gasteiger partial charge is 0.493 e. The van der Waals surface area contributed by atoms with E-state index in [1.54, 1.807) is 32.0 Å². The average Bonchev–Trinajstić information content (AvgIpc) is 3.17. The first kappa shape index (κ1) is 22.7. The minimum absolute atomic E-state index is 0.123. The minimum atomic E-state index is -4.05. The molecule has 1 heterocycles. The zero-order valence-corrected chi connectivity index (χ0v) is 18.0. The van der Waals surface area contributed by atoms with Crippen molar-refractivity contribution < 1.29 is 27.4 Å². The predicted octanol–water partition coefficient (Wildman–Crippen LogP) is 2.67. The van der Waals surface area contributed by atoms with E-state index in [9.17, 15) is 13.2 Å². The van der Waals surface area contributed by atoms with Gasteiger partial charge in [-0.3, -0.25) is 5.10 Å². The second kappa shape index (κ2) is 9.75. The molecule has 0 amide bonds. The molecule has 0 bridgehead atoms. The first-order chi connectivity index (χ1) is 13.7. The Kier molecular flexibility index (Phi) is 7.63. The van der Waals surface area contributed by atoms with Gasteiger partial charge in [0, 0.05) is 6.04 Å². The number of hydrogen-bond donors (Lipinski definition) is 2. The number of carbonyl (C=O) groups is 1. The molecule has 2 rings (SSSR count). The van der Waals surface area contributed by atoms with Crippen LogP contribution in [0.5, 0.6) is 11.5 Å². The number of esters is 1. The zero-order valence-electron chi connectivity index (χ0n) is 17.2. The number of nitrogens with zero attached hydrogens (tertiary/aromatic N) is 1. The van der Waals surface area contributed by atoms with Crippen LogP contribution in [-0.2, 0) is 14.8 Å². The summed E-state index contributed by atoms with van der Waals surface area (Å²) in [7, 11) is -2.53. The normalized spacial score (nSPS) is 12.6. The lowest BCUT2D eigenvalue weighted by Gasteiger charge is -2.17. The van der Waals surface area contributed by atoms with Crippen molar-refractivity contribution in [3.05, 3.63) is 35.5 Å². The molecule has 0 saturated carbocycles.